The smallest absolute Gasteiger partial charge is 0.261 e. The van der Waals surface area contributed by atoms with Gasteiger partial charge in [0.05, 0.1) is 28.9 Å². The van der Waals surface area contributed by atoms with E-state index in [-0.39, 0.29) is 12.1 Å². The van der Waals surface area contributed by atoms with Crippen LogP contribution in [0.3, 0.4) is 0 Å². The predicted molar refractivity (Wildman–Crippen MR) is 148 cm³/mol. The molecule has 3 heterocycles. The van der Waals surface area contributed by atoms with E-state index >= 15 is 0 Å². The normalized spacial score (nSPS) is 19.8. The molecule has 0 bridgehead atoms. The Hall–Kier alpha value is -3.62. The summed E-state index contributed by atoms with van der Waals surface area (Å²) in [6, 6.07) is 13.8. The van der Waals surface area contributed by atoms with E-state index in [0.29, 0.717) is 39.7 Å². The minimum atomic E-state index is -0.797. The number of pyridine rings is 1. The summed E-state index contributed by atoms with van der Waals surface area (Å²) in [5.41, 5.74) is 5.08. The third kappa shape index (κ3) is 4.63. The molecular weight excluding hydrogens is 488 g/mol. The van der Waals surface area contributed by atoms with Gasteiger partial charge in [0.15, 0.2) is 0 Å². The number of fused-ring (bicyclic) bond motifs is 2. The van der Waals surface area contributed by atoms with Crippen molar-refractivity contribution < 1.29 is 5.11 Å². The lowest BCUT2D eigenvalue weighted by molar-refractivity contribution is 0.191. The van der Waals surface area contributed by atoms with Gasteiger partial charge in [0.1, 0.15) is 17.2 Å². The van der Waals surface area contributed by atoms with Crippen LogP contribution < -0.4 is 16.2 Å². The van der Waals surface area contributed by atoms with Crippen molar-refractivity contribution in [2.45, 2.75) is 50.8 Å². The quantitative estimate of drug-likeness (QED) is 0.255. The minimum Gasteiger partial charge on any atom is -0.387 e. The summed E-state index contributed by atoms with van der Waals surface area (Å²) in [5.74, 6) is 1.40. The molecule has 1 saturated carbocycles. The lowest BCUT2D eigenvalue weighted by Crippen LogP contribution is -2.37. The van der Waals surface area contributed by atoms with Crippen LogP contribution in [0, 0.1) is 6.92 Å². The number of imidazole rings is 1. The Morgan fingerprint density at radius 3 is 2.89 bits per heavy atom. The van der Waals surface area contributed by atoms with Crippen LogP contribution in [0.4, 0.5) is 5.69 Å². The van der Waals surface area contributed by atoms with Gasteiger partial charge in [0.25, 0.3) is 5.56 Å². The van der Waals surface area contributed by atoms with Crippen LogP contribution in [-0.4, -0.2) is 44.5 Å². The van der Waals surface area contributed by atoms with Crippen molar-refractivity contribution in [3.8, 4) is 11.4 Å². The number of aromatic nitrogens is 3. The molecule has 0 radical (unpaired) electrons. The number of benzene rings is 2. The number of rotatable bonds is 6. The second-order valence-corrected chi connectivity index (χ2v) is 10.3. The molecular formula is C28H29ClN6O2. The van der Waals surface area contributed by atoms with Crippen LogP contribution in [0.25, 0.3) is 22.4 Å². The molecule has 190 valence electrons. The van der Waals surface area contributed by atoms with Crippen LogP contribution in [0.5, 0.6) is 0 Å². The predicted octanol–water partition coefficient (Wildman–Crippen LogP) is 4.69. The zero-order chi connectivity index (χ0) is 25.5. The van der Waals surface area contributed by atoms with Crippen molar-refractivity contribution in [3.63, 3.8) is 0 Å². The maximum Gasteiger partial charge on any atom is 0.261 e. The number of nitrogens with one attached hydrogen (secondary N) is 4. The number of aliphatic hydroxyl groups is 1. The number of aliphatic imine (C=N–C) groups is 1. The molecule has 5 N–H and O–H groups in total. The van der Waals surface area contributed by atoms with Gasteiger partial charge in [-0.1, -0.05) is 36.6 Å². The number of aliphatic hydroxyl groups excluding tert-OH is 1. The number of aryl methyl sites for hydroxylation is 1. The van der Waals surface area contributed by atoms with E-state index in [1.807, 2.05) is 13.0 Å². The molecule has 3 atom stereocenters. The fourth-order valence-electron chi connectivity index (χ4n) is 5.42. The fraction of sp³-hybridized carbons (Fsp3) is 0.321. The van der Waals surface area contributed by atoms with E-state index in [1.54, 1.807) is 30.5 Å². The Morgan fingerprint density at radius 1 is 1.19 bits per heavy atom. The van der Waals surface area contributed by atoms with Crippen LogP contribution in [-0.2, 0) is 0 Å². The fourth-order valence-corrected chi connectivity index (χ4v) is 5.61. The topological polar surface area (TPSA) is 118 Å². The molecule has 1 fully saturated rings. The third-order valence-corrected chi connectivity index (χ3v) is 7.55. The molecule has 8 nitrogen and oxygen atoms in total. The van der Waals surface area contributed by atoms with Gasteiger partial charge in [-0.15, -0.1) is 0 Å². The van der Waals surface area contributed by atoms with Gasteiger partial charge in [-0.05, 0) is 61.2 Å². The van der Waals surface area contributed by atoms with Crippen molar-refractivity contribution in [1.82, 2.24) is 20.3 Å². The number of hydrogen-bond acceptors (Lipinski definition) is 6. The first-order valence-electron chi connectivity index (χ1n) is 12.7. The van der Waals surface area contributed by atoms with E-state index in [9.17, 15) is 9.90 Å². The van der Waals surface area contributed by atoms with Crippen molar-refractivity contribution >= 4 is 34.2 Å². The molecule has 2 aromatic heterocycles. The lowest BCUT2D eigenvalue weighted by Gasteiger charge is -2.23. The SMILES string of the molecule is Cc1cc(C2=N[C@@H]3CCCC[C@@H]3N2)cc2[nH]c(-c3c(NCC(O)c4cccc(Cl)c4)cc[nH]c3=O)nc12. The molecule has 1 aliphatic heterocycles. The Kier molecular flexibility index (Phi) is 6.22. The summed E-state index contributed by atoms with van der Waals surface area (Å²) in [6.07, 6.45) is 5.56. The van der Waals surface area contributed by atoms with E-state index < -0.39 is 6.10 Å². The van der Waals surface area contributed by atoms with Gasteiger partial charge in [0, 0.05) is 29.4 Å². The van der Waals surface area contributed by atoms with Crippen molar-refractivity contribution in [1.29, 1.82) is 0 Å². The molecule has 2 aromatic carbocycles. The summed E-state index contributed by atoms with van der Waals surface area (Å²) in [6.45, 7) is 2.22. The highest BCUT2D eigenvalue weighted by Gasteiger charge is 2.31. The van der Waals surface area contributed by atoms with Crippen LogP contribution in [0.2, 0.25) is 5.02 Å². The van der Waals surface area contributed by atoms with Gasteiger partial charge in [-0.3, -0.25) is 9.79 Å². The van der Waals surface area contributed by atoms with Gasteiger partial charge >= 0.3 is 0 Å². The zero-order valence-electron chi connectivity index (χ0n) is 20.5. The molecule has 0 saturated heterocycles. The molecule has 2 aliphatic rings. The van der Waals surface area contributed by atoms with Crippen LogP contribution in [0.1, 0.15) is 48.5 Å². The van der Waals surface area contributed by atoms with Gasteiger partial charge in [-0.2, -0.15) is 0 Å². The summed E-state index contributed by atoms with van der Waals surface area (Å²) < 4.78 is 0. The number of amidine groups is 1. The first-order valence-corrected chi connectivity index (χ1v) is 13.1. The standard InChI is InChI=1S/C28H29ClN6O2/c1-15-11-17(26-32-19-7-2-3-8-20(19)33-26)13-22-25(15)35-27(34-22)24-21(9-10-30-28(24)37)31-14-23(36)16-5-4-6-18(29)12-16/h4-6,9-13,19-20,23,36H,2-3,7-8,14H2,1H3,(H,32,33)(H,34,35)(H2,30,31,37)/t19-,20+,23?. The molecule has 9 heteroatoms. The Balaban J connectivity index is 1.30. The Bertz CT molecular complexity index is 1560. The third-order valence-electron chi connectivity index (χ3n) is 7.31. The van der Waals surface area contributed by atoms with Gasteiger partial charge in [-0.25, -0.2) is 4.98 Å². The number of nitrogens with zero attached hydrogens (tertiary/aromatic N) is 2. The van der Waals surface area contributed by atoms with E-state index in [4.69, 9.17) is 21.6 Å². The number of halogens is 1. The van der Waals surface area contributed by atoms with Gasteiger partial charge in [0.2, 0.25) is 0 Å². The first kappa shape index (κ1) is 23.8. The average molecular weight is 517 g/mol. The van der Waals surface area contributed by atoms with E-state index in [1.165, 1.54) is 12.8 Å². The molecule has 1 unspecified atom stereocenters. The highest BCUT2D eigenvalue weighted by atomic mass is 35.5. The highest BCUT2D eigenvalue weighted by molar-refractivity contribution is 6.30. The van der Waals surface area contributed by atoms with E-state index in [2.05, 4.69) is 32.7 Å². The van der Waals surface area contributed by atoms with Crippen LogP contribution >= 0.6 is 11.6 Å². The summed E-state index contributed by atoms with van der Waals surface area (Å²) >= 11 is 6.07. The van der Waals surface area contributed by atoms with Crippen LogP contribution in [0.15, 0.2) is 58.4 Å². The molecule has 0 amide bonds. The monoisotopic (exact) mass is 516 g/mol. The molecule has 6 rings (SSSR count). The summed E-state index contributed by atoms with van der Waals surface area (Å²) in [7, 11) is 0. The molecule has 1 aliphatic carbocycles. The summed E-state index contributed by atoms with van der Waals surface area (Å²) in [5, 5.41) is 18.0. The second kappa shape index (κ2) is 9.68. The largest absolute Gasteiger partial charge is 0.387 e. The zero-order valence-corrected chi connectivity index (χ0v) is 21.3. The maximum atomic E-state index is 12.9. The van der Waals surface area contributed by atoms with Crippen molar-refractivity contribution in [2.24, 2.45) is 4.99 Å². The van der Waals surface area contributed by atoms with E-state index in [0.717, 1.165) is 40.8 Å². The lowest BCUT2D eigenvalue weighted by atomic mass is 9.92. The number of H-pyrrole nitrogens is 2. The average Bonchev–Trinajstić information content (AvgIpc) is 3.52. The molecule has 37 heavy (non-hydrogen) atoms. The molecule has 4 aromatic rings. The first-order chi connectivity index (χ1) is 18.0. The second-order valence-electron chi connectivity index (χ2n) is 9.90. The number of anilines is 1. The highest BCUT2D eigenvalue weighted by Crippen LogP contribution is 2.30. The van der Waals surface area contributed by atoms with Crippen molar-refractivity contribution in [2.75, 3.05) is 11.9 Å². The number of hydrogen-bond donors (Lipinski definition) is 5. The Morgan fingerprint density at radius 2 is 2.05 bits per heavy atom. The maximum absolute atomic E-state index is 12.9. The number of aromatic amines is 2. The Labute approximate surface area is 219 Å². The summed E-state index contributed by atoms with van der Waals surface area (Å²) in [4.78, 5) is 28.8. The molecule has 0 spiro atoms. The van der Waals surface area contributed by atoms with Gasteiger partial charge < -0.3 is 25.7 Å². The van der Waals surface area contributed by atoms with Crippen molar-refractivity contribution in [3.05, 3.63) is 80.7 Å². The minimum absolute atomic E-state index is 0.202.